The van der Waals surface area contributed by atoms with Crippen molar-refractivity contribution in [2.45, 2.75) is 0 Å². The molecule has 1 rings (SSSR count). The van der Waals surface area contributed by atoms with Crippen LogP contribution in [-0.4, -0.2) is 7.11 Å². The number of methoxy groups -OCH3 is 1. The van der Waals surface area contributed by atoms with Crippen LogP contribution in [0, 0.1) is 5.41 Å². The van der Waals surface area contributed by atoms with Gasteiger partial charge in [-0.3, -0.25) is 5.41 Å². The van der Waals surface area contributed by atoms with Gasteiger partial charge in [-0.1, -0.05) is 18.2 Å². The molecule has 0 radical (unpaired) electrons. The van der Waals surface area contributed by atoms with Gasteiger partial charge in [-0.25, -0.2) is 0 Å². The van der Waals surface area contributed by atoms with Crippen LogP contribution < -0.4 is 10.1 Å². The van der Waals surface area contributed by atoms with Crippen molar-refractivity contribution in [3.63, 3.8) is 0 Å². The molecule has 52 valence electrons. The SMILES string of the molecule is COc1cccccc1=N. The van der Waals surface area contributed by atoms with Gasteiger partial charge in [-0.2, -0.15) is 0 Å². The molecule has 0 aromatic heterocycles. The van der Waals surface area contributed by atoms with Gasteiger partial charge in [0.1, 0.15) is 5.75 Å². The van der Waals surface area contributed by atoms with Crippen molar-refractivity contribution >= 4 is 0 Å². The normalized spacial score (nSPS) is 8.90. The summed E-state index contributed by atoms with van der Waals surface area (Å²) in [7, 11) is 1.56. The van der Waals surface area contributed by atoms with Gasteiger partial charge >= 0.3 is 0 Å². The number of ether oxygens (including phenoxy) is 1. The molecule has 0 atom stereocenters. The van der Waals surface area contributed by atoms with Crippen molar-refractivity contribution in [1.29, 1.82) is 5.41 Å². The molecule has 2 heteroatoms. The zero-order valence-electron chi connectivity index (χ0n) is 5.79. The van der Waals surface area contributed by atoms with Gasteiger partial charge in [0.25, 0.3) is 0 Å². The molecule has 0 amide bonds. The highest BCUT2D eigenvalue weighted by molar-refractivity contribution is 5.18. The molecule has 0 saturated heterocycles. The van der Waals surface area contributed by atoms with Gasteiger partial charge in [0.2, 0.25) is 0 Å². The second kappa shape index (κ2) is 3.01. The van der Waals surface area contributed by atoms with Crippen LogP contribution in [-0.2, 0) is 0 Å². The van der Waals surface area contributed by atoms with Crippen molar-refractivity contribution in [3.8, 4) is 5.75 Å². The predicted octanol–water partition coefficient (Wildman–Crippen LogP) is 1.17. The Balaban J connectivity index is 3.28. The molecule has 0 spiro atoms. The predicted molar refractivity (Wildman–Crippen MR) is 38.8 cm³/mol. The Kier molecular flexibility index (Phi) is 2.05. The molecule has 0 aliphatic carbocycles. The van der Waals surface area contributed by atoms with E-state index in [1.807, 2.05) is 18.2 Å². The van der Waals surface area contributed by atoms with Crippen molar-refractivity contribution in [3.05, 3.63) is 35.7 Å². The van der Waals surface area contributed by atoms with E-state index in [-0.39, 0.29) is 0 Å². The Hall–Kier alpha value is -1.31. The van der Waals surface area contributed by atoms with Gasteiger partial charge in [0.15, 0.2) is 0 Å². The summed E-state index contributed by atoms with van der Waals surface area (Å²) < 4.78 is 4.92. The van der Waals surface area contributed by atoms with Gasteiger partial charge in [-0.15, -0.1) is 0 Å². The molecule has 10 heavy (non-hydrogen) atoms. The highest BCUT2D eigenvalue weighted by Gasteiger charge is 1.86. The van der Waals surface area contributed by atoms with E-state index in [2.05, 4.69) is 0 Å². The molecule has 0 aliphatic rings. The molecule has 2 nitrogen and oxygen atoms in total. The summed E-state index contributed by atoms with van der Waals surface area (Å²) in [5.41, 5.74) is 0. The fourth-order valence-electron chi connectivity index (χ4n) is 0.709. The molecule has 0 fully saturated rings. The molecule has 1 aromatic carbocycles. The molecular weight excluding hydrogens is 126 g/mol. The molecule has 1 aromatic rings. The first-order valence-corrected chi connectivity index (χ1v) is 3.02. The lowest BCUT2D eigenvalue weighted by molar-refractivity contribution is 0.409. The van der Waals surface area contributed by atoms with Crippen molar-refractivity contribution in [2.75, 3.05) is 7.11 Å². The maximum absolute atomic E-state index is 7.37. The molecule has 0 aliphatic heterocycles. The molecule has 0 bridgehead atoms. The van der Waals surface area contributed by atoms with Crippen molar-refractivity contribution in [1.82, 2.24) is 0 Å². The van der Waals surface area contributed by atoms with Crippen molar-refractivity contribution < 1.29 is 4.74 Å². The monoisotopic (exact) mass is 135 g/mol. The quantitative estimate of drug-likeness (QED) is 0.616. The van der Waals surface area contributed by atoms with Crippen LogP contribution in [0.1, 0.15) is 0 Å². The van der Waals surface area contributed by atoms with Gasteiger partial charge < -0.3 is 4.74 Å². The maximum Gasteiger partial charge on any atom is 0.143 e. The summed E-state index contributed by atoms with van der Waals surface area (Å²) in [6, 6.07) is 8.98. The van der Waals surface area contributed by atoms with E-state index < -0.39 is 0 Å². The second-order valence-corrected chi connectivity index (χ2v) is 1.89. The smallest absolute Gasteiger partial charge is 0.143 e. The largest absolute Gasteiger partial charge is 0.495 e. The standard InChI is InChI=1S/C8H9NO/c1-10-8-6-4-2-3-5-7(8)9/h2-6,9H,1H3. The van der Waals surface area contributed by atoms with Crippen LogP contribution in [0.4, 0.5) is 0 Å². The summed E-state index contributed by atoms with van der Waals surface area (Å²) >= 11 is 0. The second-order valence-electron chi connectivity index (χ2n) is 1.89. The number of nitrogens with one attached hydrogen (secondary N) is 1. The summed E-state index contributed by atoms with van der Waals surface area (Å²) in [6.45, 7) is 0. The average Bonchev–Trinajstić information content (AvgIpc) is 2.13. The van der Waals surface area contributed by atoms with Crippen LogP contribution in [0.3, 0.4) is 0 Å². The van der Waals surface area contributed by atoms with Gasteiger partial charge in [-0.05, 0) is 12.1 Å². The van der Waals surface area contributed by atoms with E-state index in [1.165, 1.54) is 0 Å². The Morgan fingerprint density at radius 2 is 1.90 bits per heavy atom. The van der Waals surface area contributed by atoms with E-state index in [0.717, 1.165) is 0 Å². The minimum absolute atomic E-state index is 0.410. The number of hydrogen-bond donors (Lipinski definition) is 1. The fraction of sp³-hybridized carbons (Fsp3) is 0.125. The lowest BCUT2D eigenvalue weighted by Crippen LogP contribution is -1.99. The summed E-state index contributed by atoms with van der Waals surface area (Å²) in [5.74, 6) is 0.602. The maximum atomic E-state index is 7.37. The van der Waals surface area contributed by atoms with E-state index in [9.17, 15) is 0 Å². The molecular formula is C8H9NO. The highest BCUT2D eigenvalue weighted by Crippen LogP contribution is 1.96. The zero-order valence-corrected chi connectivity index (χ0v) is 5.79. The van der Waals surface area contributed by atoms with E-state index >= 15 is 0 Å². The van der Waals surface area contributed by atoms with Crippen LogP contribution >= 0.6 is 0 Å². The number of hydrogen-bond acceptors (Lipinski definition) is 2. The van der Waals surface area contributed by atoms with Crippen LogP contribution in [0.2, 0.25) is 0 Å². The Labute approximate surface area is 59.6 Å². The average molecular weight is 135 g/mol. The Bertz CT molecular complexity index is 270. The van der Waals surface area contributed by atoms with Crippen molar-refractivity contribution in [2.24, 2.45) is 0 Å². The fourth-order valence-corrected chi connectivity index (χ4v) is 0.709. The van der Waals surface area contributed by atoms with Crippen LogP contribution in [0.5, 0.6) is 5.75 Å². The highest BCUT2D eigenvalue weighted by atomic mass is 16.5. The first-order valence-electron chi connectivity index (χ1n) is 3.02. The Morgan fingerprint density at radius 1 is 1.20 bits per heavy atom. The van der Waals surface area contributed by atoms with E-state index in [4.69, 9.17) is 10.1 Å². The topological polar surface area (TPSA) is 33.1 Å². The minimum Gasteiger partial charge on any atom is -0.495 e. The number of rotatable bonds is 1. The molecule has 0 saturated carbocycles. The Morgan fingerprint density at radius 3 is 2.60 bits per heavy atom. The van der Waals surface area contributed by atoms with E-state index in [1.54, 1.807) is 19.2 Å². The molecule has 0 unspecified atom stereocenters. The first kappa shape index (κ1) is 6.81. The molecule has 1 N–H and O–H groups in total. The first-order chi connectivity index (χ1) is 4.84. The third-order valence-corrected chi connectivity index (χ3v) is 1.22. The minimum atomic E-state index is 0.410. The summed E-state index contributed by atoms with van der Waals surface area (Å²) in [6.07, 6.45) is 0. The van der Waals surface area contributed by atoms with Gasteiger partial charge in [0.05, 0.1) is 12.5 Å². The third kappa shape index (κ3) is 1.35. The van der Waals surface area contributed by atoms with E-state index in [0.29, 0.717) is 11.1 Å². The summed E-state index contributed by atoms with van der Waals surface area (Å²) in [4.78, 5) is 0. The third-order valence-electron chi connectivity index (χ3n) is 1.22. The van der Waals surface area contributed by atoms with Crippen LogP contribution in [0.25, 0.3) is 0 Å². The lowest BCUT2D eigenvalue weighted by Gasteiger charge is -1.91. The van der Waals surface area contributed by atoms with Crippen LogP contribution in [0.15, 0.2) is 30.3 Å². The van der Waals surface area contributed by atoms with Gasteiger partial charge in [0, 0.05) is 0 Å². The summed E-state index contributed by atoms with van der Waals surface area (Å²) in [5, 5.41) is 7.78. The lowest BCUT2D eigenvalue weighted by atomic mass is 10.4. The zero-order chi connectivity index (χ0) is 7.40. The molecule has 0 heterocycles.